The van der Waals surface area contributed by atoms with Gasteiger partial charge in [0.1, 0.15) is 0 Å². The van der Waals surface area contributed by atoms with Crippen LogP contribution in [-0.2, 0) is 0 Å². The molecule has 0 spiro atoms. The molecule has 4 heteroatoms. The van der Waals surface area contributed by atoms with Crippen LogP contribution in [0.5, 0.6) is 0 Å². The summed E-state index contributed by atoms with van der Waals surface area (Å²) in [6, 6.07) is 9.31. The molecule has 96 valence electrons. The van der Waals surface area contributed by atoms with Crippen LogP contribution in [0.2, 0.25) is 0 Å². The van der Waals surface area contributed by atoms with Crippen molar-refractivity contribution in [2.24, 2.45) is 0 Å². The Morgan fingerprint density at radius 3 is 2.39 bits per heavy atom. The Balaban J connectivity index is 2.29. The van der Waals surface area contributed by atoms with Gasteiger partial charge in [-0.3, -0.25) is 0 Å². The summed E-state index contributed by atoms with van der Waals surface area (Å²) < 4.78 is 14.9. The van der Waals surface area contributed by atoms with Crippen LogP contribution in [0.1, 0.15) is 17.2 Å². The first kappa shape index (κ1) is 13.4. The molecule has 1 unspecified atom stereocenters. The predicted molar refractivity (Wildman–Crippen MR) is 79.3 cm³/mol. The number of aliphatic hydroxyl groups excluding tert-OH is 1. The Labute approximate surface area is 113 Å². The third-order valence-corrected chi connectivity index (χ3v) is 5.93. The van der Waals surface area contributed by atoms with E-state index in [-0.39, 0.29) is 5.56 Å². The van der Waals surface area contributed by atoms with Crippen LogP contribution in [-0.4, -0.2) is 20.0 Å². The average Bonchev–Trinajstić information content (AvgIpc) is 2.38. The van der Waals surface area contributed by atoms with Crippen LogP contribution < -0.4 is 0 Å². The van der Waals surface area contributed by atoms with Crippen molar-refractivity contribution in [3.8, 4) is 0 Å². The van der Waals surface area contributed by atoms with Crippen molar-refractivity contribution in [3.63, 3.8) is 0 Å². The molecule has 0 aliphatic heterocycles. The van der Waals surface area contributed by atoms with Crippen molar-refractivity contribution in [2.75, 3.05) is 9.86 Å². The van der Waals surface area contributed by atoms with Crippen LogP contribution in [0.25, 0.3) is 0 Å². The topological polar surface area (TPSA) is 33.1 Å². The van der Waals surface area contributed by atoms with Crippen molar-refractivity contribution < 1.29 is 9.50 Å². The summed E-state index contributed by atoms with van der Waals surface area (Å²) in [5, 5.41) is 10.1. The van der Waals surface area contributed by atoms with E-state index in [0.29, 0.717) is 5.56 Å². The second-order valence-corrected chi connectivity index (χ2v) is 9.67. The summed E-state index contributed by atoms with van der Waals surface area (Å²) in [5.74, 6) is -0.478. The molecule has 0 radical (unpaired) electrons. The fraction of sp³-hybridized carbons (Fsp3) is 0.214. The molecule has 1 atom stereocenters. The molecule has 1 aromatic heterocycles. The minimum atomic E-state index is -0.993. The van der Waals surface area contributed by atoms with Gasteiger partial charge in [0.2, 0.25) is 0 Å². The average molecular weight is 359 g/mol. The Bertz CT molecular complexity index is 528. The zero-order valence-electron chi connectivity index (χ0n) is 10.3. The number of nitrogens with zero attached hydrogens (tertiary/aromatic N) is 1. The van der Waals surface area contributed by atoms with E-state index in [1.165, 1.54) is 15.8 Å². The molecule has 18 heavy (non-hydrogen) atoms. The summed E-state index contributed by atoms with van der Waals surface area (Å²) >= 11 is -0.993. The van der Waals surface area contributed by atoms with E-state index in [1.54, 1.807) is 0 Å². The maximum absolute atomic E-state index is 13.5. The van der Waals surface area contributed by atoms with E-state index in [9.17, 15) is 9.50 Å². The predicted octanol–water partition coefficient (Wildman–Crippen LogP) is 3.24. The number of aromatic nitrogens is 1. The molecule has 1 heterocycles. The standard InChI is InChI=1S/C14H15FINO/c1-16(2)11-5-3-10(4-6-11)14(18)12-7-8-17-9-13(12)15/h3-9,14,18H,1-2H3. The van der Waals surface area contributed by atoms with Crippen LogP contribution in [0.3, 0.4) is 0 Å². The molecule has 0 bridgehead atoms. The van der Waals surface area contributed by atoms with Gasteiger partial charge in [-0.25, -0.2) is 0 Å². The minimum absolute atomic E-state index is 0.265. The van der Waals surface area contributed by atoms with Crippen LogP contribution in [0, 0.1) is 9.39 Å². The van der Waals surface area contributed by atoms with Gasteiger partial charge in [-0.05, 0) is 0 Å². The van der Waals surface area contributed by atoms with Crippen LogP contribution >= 0.6 is 19.8 Å². The van der Waals surface area contributed by atoms with Crippen LogP contribution in [0.4, 0.5) is 4.39 Å². The summed E-state index contributed by atoms with van der Waals surface area (Å²) in [6.45, 7) is 0. The van der Waals surface area contributed by atoms with Crippen molar-refractivity contribution >= 4 is 19.8 Å². The Hall–Kier alpha value is -1.01. The van der Waals surface area contributed by atoms with Gasteiger partial charge in [0.15, 0.2) is 0 Å². The maximum atomic E-state index is 13.5. The van der Waals surface area contributed by atoms with Crippen LogP contribution in [0.15, 0.2) is 42.7 Å². The van der Waals surface area contributed by atoms with Gasteiger partial charge in [0, 0.05) is 0 Å². The van der Waals surface area contributed by atoms with Crippen molar-refractivity contribution in [1.29, 1.82) is 0 Å². The molecule has 1 aromatic carbocycles. The van der Waals surface area contributed by atoms with Gasteiger partial charge in [-0.2, -0.15) is 0 Å². The Kier molecular flexibility index (Phi) is 4.29. The number of rotatable bonds is 3. The number of pyridine rings is 1. The van der Waals surface area contributed by atoms with E-state index < -0.39 is 31.7 Å². The summed E-state index contributed by atoms with van der Waals surface area (Å²) in [7, 11) is 0. The quantitative estimate of drug-likeness (QED) is 0.674. The number of halogens is 2. The summed E-state index contributed by atoms with van der Waals surface area (Å²) in [5.41, 5.74) is 0.975. The molecule has 2 rings (SSSR count). The molecule has 0 aliphatic rings. The second-order valence-electron chi connectivity index (χ2n) is 4.11. The molecule has 2 aromatic rings. The summed E-state index contributed by atoms with van der Waals surface area (Å²) in [6.07, 6.45) is 1.67. The number of benzene rings is 1. The first-order valence-corrected chi connectivity index (χ1v) is 10.9. The fourth-order valence-electron chi connectivity index (χ4n) is 1.68. The second kappa shape index (κ2) is 5.75. The number of hydrogen-bond acceptors (Lipinski definition) is 2. The summed E-state index contributed by atoms with van der Waals surface area (Å²) in [4.78, 5) is 8.20. The SMILES string of the molecule is CI(C)c1ccc(C(O)c2ccncc2F)cc1. The first-order valence-electron chi connectivity index (χ1n) is 5.47. The van der Waals surface area contributed by atoms with Gasteiger partial charge in [0.05, 0.1) is 0 Å². The third kappa shape index (κ3) is 2.87. The van der Waals surface area contributed by atoms with E-state index in [2.05, 4.69) is 14.8 Å². The number of hydrogen-bond donors (Lipinski definition) is 1. The van der Waals surface area contributed by atoms with E-state index in [4.69, 9.17) is 0 Å². The molecular weight excluding hydrogens is 344 g/mol. The Morgan fingerprint density at radius 1 is 1.17 bits per heavy atom. The molecule has 1 N–H and O–H groups in total. The monoisotopic (exact) mass is 359 g/mol. The number of aliphatic hydroxyl groups is 1. The fourth-order valence-corrected chi connectivity index (χ4v) is 3.48. The number of alkyl halides is 2. The first-order chi connectivity index (χ1) is 8.59. The Morgan fingerprint density at radius 2 is 1.83 bits per heavy atom. The van der Waals surface area contributed by atoms with Gasteiger partial charge in [0.25, 0.3) is 0 Å². The molecule has 0 saturated heterocycles. The third-order valence-electron chi connectivity index (χ3n) is 2.72. The van der Waals surface area contributed by atoms with Crippen molar-refractivity contribution in [2.45, 2.75) is 6.10 Å². The van der Waals surface area contributed by atoms with E-state index in [1.807, 2.05) is 24.3 Å². The van der Waals surface area contributed by atoms with Gasteiger partial charge < -0.3 is 0 Å². The zero-order valence-corrected chi connectivity index (χ0v) is 12.4. The van der Waals surface area contributed by atoms with Gasteiger partial charge >= 0.3 is 114 Å². The van der Waals surface area contributed by atoms with Gasteiger partial charge in [-0.15, -0.1) is 0 Å². The molecule has 0 saturated carbocycles. The molecule has 0 fully saturated rings. The zero-order chi connectivity index (χ0) is 13.1. The molecule has 0 aliphatic carbocycles. The molecular formula is C14H15FINO. The molecule has 2 nitrogen and oxygen atoms in total. The van der Waals surface area contributed by atoms with Gasteiger partial charge in [-0.1, -0.05) is 0 Å². The molecule has 0 amide bonds. The normalized spacial score (nSPS) is 13.2. The van der Waals surface area contributed by atoms with Crippen molar-refractivity contribution in [1.82, 2.24) is 4.98 Å². The van der Waals surface area contributed by atoms with E-state index in [0.717, 1.165) is 6.20 Å². The van der Waals surface area contributed by atoms with Crippen molar-refractivity contribution in [3.05, 3.63) is 63.2 Å². The van der Waals surface area contributed by atoms with E-state index >= 15 is 0 Å².